The molecule has 1 aliphatic carbocycles. The highest BCUT2D eigenvalue weighted by Gasteiger charge is 2.30. The summed E-state index contributed by atoms with van der Waals surface area (Å²) in [5, 5.41) is 16.4. The number of carbonyl (C=O) groups excluding carboxylic acids is 1. The van der Waals surface area contributed by atoms with Gasteiger partial charge >= 0.3 is 0 Å². The van der Waals surface area contributed by atoms with Crippen molar-refractivity contribution in [3.8, 4) is 5.75 Å². The van der Waals surface area contributed by atoms with E-state index in [1.54, 1.807) is 19.2 Å². The van der Waals surface area contributed by atoms with Gasteiger partial charge < -0.3 is 15.0 Å². The third-order valence-corrected chi connectivity index (χ3v) is 5.39. The van der Waals surface area contributed by atoms with E-state index in [0.717, 1.165) is 49.6 Å². The van der Waals surface area contributed by atoms with Gasteiger partial charge in [-0.1, -0.05) is 6.07 Å². The van der Waals surface area contributed by atoms with Crippen LogP contribution in [0.1, 0.15) is 41.4 Å². The zero-order chi connectivity index (χ0) is 19.1. The first-order chi connectivity index (χ1) is 13.7. The molecule has 2 aromatic heterocycles. The fourth-order valence-corrected chi connectivity index (χ4v) is 3.68. The molecule has 1 aromatic carbocycles. The molecule has 1 N–H and O–H groups in total. The minimum Gasteiger partial charge on any atom is -0.497 e. The maximum absolute atomic E-state index is 12.6. The van der Waals surface area contributed by atoms with E-state index in [1.807, 2.05) is 28.8 Å². The molecular formula is C20H22N6O2. The van der Waals surface area contributed by atoms with E-state index in [2.05, 4.69) is 20.4 Å². The molecule has 8 heteroatoms. The number of ether oxygens (including phenoxy) is 1. The molecule has 8 nitrogen and oxygen atoms in total. The molecule has 1 aliphatic heterocycles. The van der Waals surface area contributed by atoms with Crippen LogP contribution in [0.4, 0.5) is 5.82 Å². The first-order valence-electron chi connectivity index (χ1n) is 9.63. The molecule has 3 heterocycles. The average molecular weight is 378 g/mol. The van der Waals surface area contributed by atoms with Gasteiger partial charge in [0, 0.05) is 30.6 Å². The van der Waals surface area contributed by atoms with Crippen LogP contribution in [0.2, 0.25) is 0 Å². The van der Waals surface area contributed by atoms with Crippen LogP contribution >= 0.6 is 0 Å². The summed E-state index contributed by atoms with van der Waals surface area (Å²) < 4.78 is 7.07. The minimum atomic E-state index is -0.0796. The summed E-state index contributed by atoms with van der Waals surface area (Å²) in [6, 6.07) is 11.2. The van der Waals surface area contributed by atoms with Gasteiger partial charge in [0.25, 0.3) is 5.91 Å². The zero-order valence-electron chi connectivity index (χ0n) is 15.7. The molecule has 144 valence electrons. The molecule has 3 aromatic rings. The number of aromatic nitrogens is 4. The number of hydrogen-bond donors (Lipinski definition) is 1. The zero-order valence-corrected chi connectivity index (χ0v) is 15.7. The van der Waals surface area contributed by atoms with Gasteiger partial charge in [-0.3, -0.25) is 4.79 Å². The van der Waals surface area contributed by atoms with E-state index in [1.165, 1.54) is 0 Å². The van der Waals surface area contributed by atoms with Crippen LogP contribution in [0.25, 0.3) is 5.65 Å². The van der Waals surface area contributed by atoms with E-state index >= 15 is 0 Å². The van der Waals surface area contributed by atoms with Gasteiger partial charge in [-0.15, -0.1) is 15.3 Å². The highest BCUT2D eigenvalue weighted by atomic mass is 16.5. The van der Waals surface area contributed by atoms with Crippen molar-refractivity contribution < 1.29 is 9.53 Å². The van der Waals surface area contributed by atoms with E-state index in [0.29, 0.717) is 17.2 Å². The van der Waals surface area contributed by atoms with Crippen LogP contribution in [-0.4, -0.2) is 52.0 Å². The first-order valence-corrected chi connectivity index (χ1v) is 9.63. The summed E-state index contributed by atoms with van der Waals surface area (Å²) >= 11 is 0. The average Bonchev–Trinajstić information content (AvgIpc) is 3.31. The number of nitrogens with one attached hydrogen (secondary N) is 1. The van der Waals surface area contributed by atoms with Crippen LogP contribution in [0.5, 0.6) is 5.75 Å². The Bertz CT molecular complexity index is 1030. The van der Waals surface area contributed by atoms with Crippen LogP contribution < -0.4 is 15.0 Å². The number of hydrogen-bond acceptors (Lipinski definition) is 6. The van der Waals surface area contributed by atoms with E-state index in [-0.39, 0.29) is 11.9 Å². The van der Waals surface area contributed by atoms with Crippen LogP contribution in [0, 0.1) is 0 Å². The number of nitrogens with zero attached hydrogens (tertiary/aromatic N) is 5. The molecule has 5 rings (SSSR count). The van der Waals surface area contributed by atoms with Gasteiger partial charge in [0.15, 0.2) is 11.5 Å². The molecule has 0 radical (unpaired) electrons. The Morgan fingerprint density at radius 2 is 2.07 bits per heavy atom. The lowest BCUT2D eigenvalue weighted by Crippen LogP contribution is -2.37. The Kier molecular flexibility index (Phi) is 4.11. The Morgan fingerprint density at radius 3 is 2.89 bits per heavy atom. The smallest absolute Gasteiger partial charge is 0.251 e. The monoisotopic (exact) mass is 378 g/mol. The lowest BCUT2D eigenvalue weighted by molar-refractivity contribution is 0.0940. The van der Waals surface area contributed by atoms with E-state index in [4.69, 9.17) is 9.84 Å². The van der Waals surface area contributed by atoms with Gasteiger partial charge in [-0.25, -0.2) is 0 Å². The van der Waals surface area contributed by atoms with Crippen LogP contribution in [0.3, 0.4) is 0 Å². The summed E-state index contributed by atoms with van der Waals surface area (Å²) in [5.74, 6) is 2.94. The maximum atomic E-state index is 12.6. The number of rotatable bonds is 5. The molecule has 1 unspecified atom stereocenters. The molecule has 0 bridgehead atoms. The summed E-state index contributed by atoms with van der Waals surface area (Å²) in [6.45, 7) is 1.58. The highest BCUT2D eigenvalue weighted by molar-refractivity contribution is 5.94. The van der Waals surface area contributed by atoms with Crippen molar-refractivity contribution in [2.24, 2.45) is 0 Å². The SMILES string of the molecule is COc1cccc(C(=O)NC2CCN(c3ccc4nnc(C5CC5)n4n3)C2)c1. The summed E-state index contributed by atoms with van der Waals surface area (Å²) in [6.07, 6.45) is 3.21. The molecule has 1 saturated carbocycles. The lowest BCUT2D eigenvalue weighted by Gasteiger charge is -2.18. The van der Waals surface area contributed by atoms with Gasteiger partial charge in [0.05, 0.1) is 7.11 Å². The second-order valence-electron chi connectivity index (χ2n) is 7.43. The van der Waals surface area contributed by atoms with Crippen molar-refractivity contribution in [1.82, 2.24) is 25.1 Å². The van der Waals surface area contributed by atoms with Crippen LogP contribution in [0.15, 0.2) is 36.4 Å². The number of anilines is 1. The lowest BCUT2D eigenvalue weighted by atomic mass is 10.2. The summed E-state index contributed by atoms with van der Waals surface area (Å²) in [4.78, 5) is 14.8. The first kappa shape index (κ1) is 17.0. The molecule has 1 saturated heterocycles. The van der Waals surface area contributed by atoms with E-state index < -0.39 is 0 Å². The Balaban J connectivity index is 1.28. The number of benzene rings is 1. The van der Waals surface area contributed by atoms with Gasteiger partial charge in [0.2, 0.25) is 0 Å². The fraction of sp³-hybridized carbons (Fsp3) is 0.400. The predicted octanol–water partition coefficient (Wildman–Crippen LogP) is 2.02. The normalized spacial score (nSPS) is 19.2. The Morgan fingerprint density at radius 1 is 1.18 bits per heavy atom. The highest BCUT2D eigenvalue weighted by Crippen LogP contribution is 2.38. The molecule has 2 fully saturated rings. The number of fused-ring (bicyclic) bond motifs is 1. The van der Waals surface area contributed by atoms with Crippen molar-refractivity contribution in [3.05, 3.63) is 47.8 Å². The van der Waals surface area contributed by atoms with Crippen molar-refractivity contribution in [2.45, 2.75) is 31.2 Å². The third kappa shape index (κ3) is 3.15. The van der Waals surface area contributed by atoms with Crippen LogP contribution in [-0.2, 0) is 0 Å². The van der Waals surface area contributed by atoms with Crippen molar-refractivity contribution in [2.75, 3.05) is 25.1 Å². The number of amides is 1. The second kappa shape index (κ2) is 6.78. The van der Waals surface area contributed by atoms with Crippen molar-refractivity contribution in [1.29, 1.82) is 0 Å². The number of carbonyl (C=O) groups is 1. The molecular weight excluding hydrogens is 356 g/mol. The standard InChI is InChI=1S/C20H22N6O2/c1-28-16-4-2-3-14(11-16)20(27)21-15-9-10-25(12-15)18-8-7-17-22-23-19(13-5-6-13)26(17)24-18/h2-4,7-8,11,13,15H,5-6,9-10,12H2,1H3,(H,21,27). The third-order valence-electron chi connectivity index (χ3n) is 5.39. The Labute approximate surface area is 162 Å². The predicted molar refractivity (Wildman–Crippen MR) is 104 cm³/mol. The number of methoxy groups -OCH3 is 1. The summed E-state index contributed by atoms with van der Waals surface area (Å²) in [7, 11) is 1.60. The Hall–Kier alpha value is -3.16. The van der Waals surface area contributed by atoms with Gasteiger partial charge in [-0.05, 0) is 49.6 Å². The topological polar surface area (TPSA) is 84.6 Å². The summed E-state index contributed by atoms with van der Waals surface area (Å²) in [5.41, 5.74) is 1.39. The molecule has 2 aliphatic rings. The quantitative estimate of drug-likeness (QED) is 0.731. The fourth-order valence-electron chi connectivity index (χ4n) is 3.68. The molecule has 1 atom stereocenters. The molecule has 28 heavy (non-hydrogen) atoms. The van der Waals surface area contributed by atoms with Crippen molar-refractivity contribution in [3.63, 3.8) is 0 Å². The van der Waals surface area contributed by atoms with Crippen molar-refractivity contribution >= 4 is 17.4 Å². The molecule has 0 spiro atoms. The minimum absolute atomic E-state index is 0.0796. The molecule has 1 amide bonds. The van der Waals surface area contributed by atoms with E-state index in [9.17, 15) is 4.79 Å². The van der Waals surface area contributed by atoms with Gasteiger partial charge in [0.1, 0.15) is 11.6 Å². The largest absolute Gasteiger partial charge is 0.497 e. The second-order valence-corrected chi connectivity index (χ2v) is 7.43. The maximum Gasteiger partial charge on any atom is 0.251 e. The van der Waals surface area contributed by atoms with Gasteiger partial charge in [-0.2, -0.15) is 4.52 Å².